The topological polar surface area (TPSA) is 18.5 Å². The third-order valence-corrected chi connectivity index (χ3v) is 4.18. The summed E-state index contributed by atoms with van der Waals surface area (Å²) in [6.45, 7) is 10.8. The number of rotatable bonds is 9. The molecule has 1 aliphatic rings. The van der Waals surface area contributed by atoms with Crippen molar-refractivity contribution in [3.63, 3.8) is 0 Å². The van der Waals surface area contributed by atoms with E-state index in [9.17, 15) is 0 Å². The van der Waals surface area contributed by atoms with Crippen LogP contribution in [-0.2, 0) is 0 Å². The van der Waals surface area contributed by atoms with Crippen LogP contribution in [0.5, 0.6) is 0 Å². The smallest absolute Gasteiger partial charge is 0.0235 e. The molecule has 1 fully saturated rings. The van der Waals surface area contributed by atoms with E-state index in [0.717, 1.165) is 13.0 Å². The molecule has 0 aromatic carbocycles. The number of nitrogens with zero attached hydrogens (tertiary/aromatic N) is 2. The van der Waals surface area contributed by atoms with E-state index >= 15 is 0 Å². The molecular formula is C16H33N3. The largest absolute Gasteiger partial charge is 0.314 e. The Morgan fingerprint density at radius 1 is 1.37 bits per heavy atom. The van der Waals surface area contributed by atoms with Crippen LogP contribution in [0.4, 0.5) is 0 Å². The highest BCUT2D eigenvalue weighted by Crippen LogP contribution is 2.15. The minimum atomic E-state index is 0.666. The van der Waals surface area contributed by atoms with Gasteiger partial charge in [0, 0.05) is 31.7 Å². The number of hydrogen-bond donors (Lipinski definition) is 1. The van der Waals surface area contributed by atoms with Crippen molar-refractivity contribution < 1.29 is 0 Å². The van der Waals surface area contributed by atoms with Crippen LogP contribution in [0.15, 0.2) is 12.7 Å². The van der Waals surface area contributed by atoms with Gasteiger partial charge in [0.15, 0.2) is 0 Å². The molecular weight excluding hydrogens is 234 g/mol. The second-order valence-electron chi connectivity index (χ2n) is 6.00. The normalized spacial score (nSPS) is 23.4. The van der Waals surface area contributed by atoms with Crippen LogP contribution in [0.25, 0.3) is 0 Å². The fraction of sp³-hybridized carbons (Fsp3) is 0.875. The van der Waals surface area contributed by atoms with Gasteiger partial charge < -0.3 is 15.1 Å². The zero-order valence-corrected chi connectivity index (χ0v) is 13.2. The second kappa shape index (κ2) is 9.51. The molecule has 2 atom stereocenters. The molecule has 3 nitrogen and oxygen atoms in total. The summed E-state index contributed by atoms with van der Waals surface area (Å²) in [4.78, 5) is 5.00. The highest BCUT2D eigenvalue weighted by atomic mass is 15.3. The minimum Gasteiger partial charge on any atom is -0.314 e. The van der Waals surface area contributed by atoms with Gasteiger partial charge in [-0.1, -0.05) is 13.0 Å². The molecule has 19 heavy (non-hydrogen) atoms. The summed E-state index contributed by atoms with van der Waals surface area (Å²) >= 11 is 0. The summed E-state index contributed by atoms with van der Waals surface area (Å²) in [6.07, 6.45) is 8.22. The molecule has 2 unspecified atom stereocenters. The van der Waals surface area contributed by atoms with E-state index in [0.29, 0.717) is 12.1 Å². The maximum atomic E-state index is 3.82. The van der Waals surface area contributed by atoms with E-state index in [2.05, 4.69) is 42.7 Å². The van der Waals surface area contributed by atoms with E-state index in [4.69, 9.17) is 0 Å². The van der Waals surface area contributed by atoms with Crippen LogP contribution in [0, 0.1) is 0 Å². The van der Waals surface area contributed by atoms with Gasteiger partial charge in [-0.3, -0.25) is 0 Å². The van der Waals surface area contributed by atoms with Gasteiger partial charge in [0.05, 0.1) is 0 Å². The number of likely N-dealkylation sites (N-methyl/N-ethyl adjacent to an activating group) is 2. The highest BCUT2D eigenvalue weighted by Gasteiger charge is 2.24. The molecule has 3 heteroatoms. The van der Waals surface area contributed by atoms with Crippen LogP contribution >= 0.6 is 0 Å². The van der Waals surface area contributed by atoms with Crippen molar-refractivity contribution in [1.29, 1.82) is 0 Å². The predicted octanol–water partition coefficient (Wildman–Crippen LogP) is 2.35. The van der Waals surface area contributed by atoms with E-state index in [1.807, 2.05) is 6.08 Å². The molecule has 1 N–H and O–H groups in total. The molecule has 1 heterocycles. The number of allylic oxidation sites excluding steroid dienone is 1. The minimum absolute atomic E-state index is 0.666. The lowest BCUT2D eigenvalue weighted by Gasteiger charge is -2.39. The monoisotopic (exact) mass is 267 g/mol. The van der Waals surface area contributed by atoms with Crippen molar-refractivity contribution in [2.75, 3.05) is 40.3 Å². The highest BCUT2D eigenvalue weighted by molar-refractivity contribution is 4.83. The Morgan fingerprint density at radius 2 is 2.16 bits per heavy atom. The summed E-state index contributed by atoms with van der Waals surface area (Å²) in [5.74, 6) is 0. The zero-order valence-electron chi connectivity index (χ0n) is 13.2. The Bertz CT molecular complexity index is 242. The molecule has 1 rings (SSSR count). The second-order valence-corrected chi connectivity index (χ2v) is 6.00. The maximum absolute atomic E-state index is 3.82. The molecule has 1 saturated heterocycles. The summed E-state index contributed by atoms with van der Waals surface area (Å²) in [6, 6.07) is 1.37. The lowest BCUT2D eigenvalue weighted by atomic mass is 9.98. The Morgan fingerprint density at radius 3 is 2.84 bits per heavy atom. The van der Waals surface area contributed by atoms with Gasteiger partial charge in [0.2, 0.25) is 0 Å². The van der Waals surface area contributed by atoms with Gasteiger partial charge in [-0.15, -0.1) is 6.58 Å². The molecule has 0 aromatic rings. The van der Waals surface area contributed by atoms with Crippen molar-refractivity contribution in [3.05, 3.63) is 12.7 Å². The van der Waals surface area contributed by atoms with Gasteiger partial charge in [0.25, 0.3) is 0 Å². The van der Waals surface area contributed by atoms with E-state index in [1.54, 1.807) is 0 Å². The molecule has 0 aromatic heterocycles. The van der Waals surface area contributed by atoms with Crippen LogP contribution in [0.2, 0.25) is 0 Å². The first-order valence-corrected chi connectivity index (χ1v) is 7.90. The van der Waals surface area contributed by atoms with Crippen molar-refractivity contribution in [1.82, 2.24) is 15.1 Å². The third kappa shape index (κ3) is 6.55. The lowest BCUT2D eigenvalue weighted by molar-refractivity contribution is 0.0999. The van der Waals surface area contributed by atoms with Gasteiger partial charge >= 0.3 is 0 Å². The molecule has 0 aliphatic carbocycles. The summed E-state index contributed by atoms with van der Waals surface area (Å²) in [5.41, 5.74) is 0. The Balaban J connectivity index is 2.41. The number of piperazine rings is 1. The number of unbranched alkanes of at least 4 members (excludes halogenated alkanes) is 1. The summed E-state index contributed by atoms with van der Waals surface area (Å²) in [5, 5.41) is 3.73. The van der Waals surface area contributed by atoms with Crippen LogP contribution in [-0.4, -0.2) is 62.2 Å². The Labute approximate surface area is 120 Å². The quantitative estimate of drug-likeness (QED) is 0.511. The van der Waals surface area contributed by atoms with Crippen molar-refractivity contribution in [2.45, 2.75) is 51.1 Å². The van der Waals surface area contributed by atoms with Gasteiger partial charge in [-0.25, -0.2) is 0 Å². The van der Waals surface area contributed by atoms with E-state index in [1.165, 1.54) is 45.3 Å². The lowest BCUT2D eigenvalue weighted by Crippen LogP contribution is -2.52. The molecule has 0 bridgehead atoms. The molecule has 112 valence electrons. The van der Waals surface area contributed by atoms with Crippen molar-refractivity contribution >= 4 is 0 Å². The van der Waals surface area contributed by atoms with E-state index in [-0.39, 0.29) is 0 Å². The Hall–Kier alpha value is -0.380. The van der Waals surface area contributed by atoms with Crippen LogP contribution in [0.3, 0.4) is 0 Å². The van der Waals surface area contributed by atoms with Crippen molar-refractivity contribution in [3.8, 4) is 0 Å². The third-order valence-electron chi connectivity index (χ3n) is 4.18. The standard InChI is InChI=1S/C16H33N3/c1-5-7-8-9-15(17-10-6-2)13-16-14-18(3)11-12-19(16)4/h5,15-17H,1,6-14H2,2-4H3. The molecule has 0 saturated carbocycles. The molecule has 1 aliphatic heterocycles. The number of nitrogens with one attached hydrogen (secondary N) is 1. The summed E-state index contributed by atoms with van der Waals surface area (Å²) < 4.78 is 0. The zero-order chi connectivity index (χ0) is 14.1. The predicted molar refractivity (Wildman–Crippen MR) is 84.7 cm³/mol. The maximum Gasteiger partial charge on any atom is 0.0235 e. The first kappa shape index (κ1) is 16.7. The number of hydrogen-bond acceptors (Lipinski definition) is 3. The van der Waals surface area contributed by atoms with Gasteiger partial charge in [0.1, 0.15) is 0 Å². The van der Waals surface area contributed by atoms with Crippen molar-refractivity contribution in [2.24, 2.45) is 0 Å². The van der Waals surface area contributed by atoms with Crippen LogP contribution < -0.4 is 5.32 Å². The fourth-order valence-corrected chi connectivity index (χ4v) is 2.84. The van der Waals surface area contributed by atoms with Gasteiger partial charge in [-0.05, 0) is 52.7 Å². The van der Waals surface area contributed by atoms with E-state index < -0.39 is 0 Å². The molecule has 0 spiro atoms. The molecule has 0 radical (unpaired) electrons. The van der Waals surface area contributed by atoms with Crippen LogP contribution in [0.1, 0.15) is 39.0 Å². The average Bonchev–Trinajstić information content (AvgIpc) is 2.40. The summed E-state index contributed by atoms with van der Waals surface area (Å²) in [7, 11) is 4.52. The first-order valence-electron chi connectivity index (χ1n) is 7.90. The first-order chi connectivity index (χ1) is 9.17. The SMILES string of the molecule is C=CCCCC(CC1CN(C)CCN1C)NCCC. The fourth-order valence-electron chi connectivity index (χ4n) is 2.84. The van der Waals surface area contributed by atoms with Gasteiger partial charge in [-0.2, -0.15) is 0 Å². The Kier molecular flexibility index (Phi) is 8.35. The molecule has 0 amide bonds. The average molecular weight is 267 g/mol.